The topological polar surface area (TPSA) is 64.9 Å². The molecule has 4 nitrogen and oxygen atoms in total. The molecule has 0 amide bonds. The Hall–Kier alpha value is -1.33. The van der Waals surface area contributed by atoms with Gasteiger partial charge in [0.2, 0.25) is 5.89 Å². The van der Waals surface area contributed by atoms with Gasteiger partial charge in [0.15, 0.2) is 5.82 Å². The molecule has 1 aromatic heterocycles. The largest absolute Gasteiger partial charge is 0.337 e. The molecule has 0 saturated heterocycles. The summed E-state index contributed by atoms with van der Waals surface area (Å²) in [4.78, 5) is 4.25. The highest BCUT2D eigenvalue weighted by molar-refractivity contribution is 7.97. The maximum absolute atomic E-state index is 6.02. The summed E-state index contributed by atoms with van der Waals surface area (Å²) >= 11 is 1.65. The lowest BCUT2D eigenvalue weighted by atomic mass is 10.1. The van der Waals surface area contributed by atoms with Gasteiger partial charge in [-0.3, -0.25) is 0 Å². The maximum Gasteiger partial charge on any atom is 0.248 e. The summed E-state index contributed by atoms with van der Waals surface area (Å²) in [5.41, 5.74) is 7.00. The van der Waals surface area contributed by atoms with Crippen molar-refractivity contribution in [2.24, 2.45) is 5.73 Å². The Morgan fingerprint density at radius 3 is 2.81 bits per heavy atom. The molecule has 0 bridgehead atoms. The Morgan fingerprint density at radius 2 is 2.12 bits per heavy atom. The van der Waals surface area contributed by atoms with Gasteiger partial charge in [0, 0.05) is 0 Å². The first kappa shape index (κ1) is 11.2. The van der Waals surface area contributed by atoms with Crippen molar-refractivity contribution in [1.29, 1.82) is 0 Å². The number of nitrogens with two attached hydrogens (primary N) is 1. The van der Waals surface area contributed by atoms with Crippen LogP contribution < -0.4 is 5.73 Å². The van der Waals surface area contributed by atoms with Gasteiger partial charge in [-0.25, -0.2) is 0 Å². The molecule has 1 unspecified atom stereocenters. The molecular weight excluding hydrogens is 222 g/mol. The smallest absolute Gasteiger partial charge is 0.248 e. The van der Waals surface area contributed by atoms with Gasteiger partial charge in [0.05, 0.1) is 5.75 Å². The summed E-state index contributed by atoms with van der Waals surface area (Å²) in [7, 11) is 0. The molecule has 2 rings (SSSR count). The van der Waals surface area contributed by atoms with E-state index in [0.717, 1.165) is 11.3 Å². The average molecular weight is 235 g/mol. The second-order valence-corrected chi connectivity index (χ2v) is 4.24. The van der Waals surface area contributed by atoms with E-state index in [-0.39, 0.29) is 6.04 Å². The molecule has 0 fully saturated rings. The second kappa shape index (κ2) is 5.14. The van der Waals surface area contributed by atoms with Crippen molar-refractivity contribution in [3.05, 3.63) is 47.6 Å². The van der Waals surface area contributed by atoms with Crippen LogP contribution >= 0.6 is 11.8 Å². The standard InChI is InChI=1S/C11H13N3OS/c1-16-7-9-13-11(15-14-9)10(12)8-5-3-2-4-6-8/h2-6,10H,7,12H2,1H3. The first-order valence-corrected chi connectivity index (χ1v) is 6.32. The van der Waals surface area contributed by atoms with Crippen molar-refractivity contribution in [2.75, 3.05) is 6.26 Å². The Bertz CT molecular complexity index is 444. The minimum Gasteiger partial charge on any atom is -0.337 e. The van der Waals surface area contributed by atoms with Crippen LogP contribution in [-0.4, -0.2) is 16.4 Å². The van der Waals surface area contributed by atoms with E-state index in [0.29, 0.717) is 11.7 Å². The first-order valence-electron chi connectivity index (χ1n) is 4.93. The van der Waals surface area contributed by atoms with Gasteiger partial charge < -0.3 is 10.3 Å². The summed E-state index contributed by atoms with van der Waals surface area (Å²) < 4.78 is 5.13. The molecule has 2 aromatic rings. The van der Waals surface area contributed by atoms with Crippen LogP contribution in [0.4, 0.5) is 0 Å². The molecule has 0 saturated carbocycles. The fraction of sp³-hybridized carbons (Fsp3) is 0.273. The number of thioether (sulfide) groups is 1. The zero-order valence-corrected chi connectivity index (χ0v) is 9.78. The predicted octanol–water partition coefficient (Wildman–Crippen LogP) is 1.98. The minimum atomic E-state index is -0.343. The molecule has 1 aromatic carbocycles. The SMILES string of the molecule is CSCc1noc(C(N)c2ccccc2)n1. The average Bonchev–Trinajstić information content (AvgIpc) is 2.78. The Kier molecular flexibility index (Phi) is 3.58. The van der Waals surface area contributed by atoms with Gasteiger partial charge in [-0.1, -0.05) is 35.5 Å². The van der Waals surface area contributed by atoms with Crippen LogP contribution in [0, 0.1) is 0 Å². The first-order chi connectivity index (χ1) is 7.81. The van der Waals surface area contributed by atoms with Crippen molar-refractivity contribution in [3.63, 3.8) is 0 Å². The molecule has 5 heteroatoms. The predicted molar refractivity (Wildman–Crippen MR) is 64.0 cm³/mol. The van der Waals surface area contributed by atoms with Gasteiger partial charge in [0.25, 0.3) is 0 Å². The van der Waals surface area contributed by atoms with E-state index >= 15 is 0 Å². The van der Waals surface area contributed by atoms with E-state index in [2.05, 4.69) is 10.1 Å². The summed E-state index contributed by atoms with van der Waals surface area (Å²) in [5, 5.41) is 3.87. The van der Waals surface area contributed by atoms with Crippen molar-refractivity contribution in [2.45, 2.75) is 11.8 Å². The molecule has 84 valence electrons. The van der Waals surface area contributed by atoms with E-state index in [1.165, 1.54) is 0 Å². The van der Waals surface area contributed by atoms with Gasteiger partial charge >= 0.3 is 0 Å². The van der Waals surface area contributed by atoms with E-state index in [1.807, 2.05) is 36.6 Å². The van der Waals surface area contributed by atoms with E-state index < -0.39 is 0 Å². The lowest BCUT2D eigenvalue weighted by Crippen LogP contribution is -2.12. The highest BCUT2D eigenvalue weighted by atomic mass is 32.2. The summed E-state index contributed by atoms with van der Waals surface area (Å²) in [6.45, 7) is 0. The normalized spacial score (nSPS) is 12.6. The molecule has 0 spiro atoms. The number of benzene rings is 1. The van der Waals surface area contributed by atoms with Crippen LogP contribution in [-0.2, 0) is 5.75 Å². The molecule has 1 atom stereocenters. The molecule has 0 aliphatic rings. The molecular formula is C11H13N3OS. The Labute approximate surface area is 98.2 Å². The van der Waals surface area contributed by atoms with Crippen LogP contribution in [0.2, 0.25) is 0 Å². The number of nitrogens with zero attached hydrogens (tertiary/aromatic N) is 2. The van der Waals surface area contributed by atoms with Crippen LogP contribution in [0.3, 0.4) is 0 Å². The van der Waals surface area contributed by atoms with Gasteiger partial charge in [-0.15, -0.1) is 0 Å². The molecule has 0 radical (unpaired) electrons. The fourth-order valence-electron chi connectivity index (χ4n) is 1.38. The van der Waals surface area contributed by atoms with E-state index in [1.54, 1.807) is 11.8 Å². The van der Waals surface area contributed by atoms with Crippen molar-refractivity contribution in [1.82, 2.24) is 10.1 Å². The van der Waals surface area contributed by atoms with E-state index in [4.69, 9.17) is 10.3 Å². The zero-order valence-electron chi connectivity index (χ0n) is 8.96. The number of hydrogen-bond acceptors (Lipinski definition) is 5. The summed E-state index contributed by atoms with van der Waals surface area (Å²) in [5.74, 6) is 1.90. The van der Waals surface area contributed by atoms with Crippen LogP contribution in [0.5, 0.6) is 0 Å². The highest BCUT2D eigenvalue weighted by Gasteiger charge is 2.15. The minimum absolute atomic E-state index is 0.343. The van der Waals surface area contributed by atoms with Crippen molar-refractivity contribution < 1.29 is 4.52 Å². The van der Waals surface area contributed by atoms with Crippen LogP contribution in [0.25, 0.3) is 0 Å². The molecule has 16 heavy (non-hydrogen) atoms. The van der Waals surface area contributed by atoms with Crippen LogP contribution in [0.15, 0.2) is 34.9 Å². The zero-order chi connectivity index (χ0) is 11.4. The monoisotopic (exact) mass is 235 g/mol. The second-order valence-electron chi connectivity index (χ2n) is 3.37. The third-order valence-electron chi connectivity index (χ3n) is 2.18. The van der Waals surface area contributed by atoms with Crippen molar-refractivity contribution in [3.8, 4) is 0 Å². The van der Waals surface area contributed by atoms with E-state index in [9.17, 15) is 0 Å². The van der Waals surface area contributed by atoms with Gasteiger partial charge in [-0.05, 0) is 11.8 Å². The lowest BCUT2D eigenvalue weighted by Gasteiger charge is -2.05. The highest BCUT2D eigenvalue weighted by Crippen LogP contribution is 2.18. The lowest BCUT2D eigenvalue weighted by molar-refractivity contribution is 0.363. The fourth-order valence-corrected chi connectivity index (χ4v) is 1.76. The van der Waals surface area contributed by atoms with Gasteiger partial charge in [-0.2, -0.15) is 16.7 Å². The molecule has 2 N–H and O–H groups in total. The van der Waals surface area contributed by atoms with Crippen LogP contribution in [0.1, 0.15) is 23.3 Å². The third kappa shape index (κ3) is 2.43. The quantitative estimate of drug-likeness (QED) is 0.877. The van der Waals surface area contributed by atoms with Gasteiger partial charge in [0.1, 0.15) is 6.04 Å². The Balaban J connectivity index is 2.17. The molecule has 0 aliphatic heterocycles. The maximum atomic E-state index is 6.02. The summed E-state index contributed by atoms with van der Waals surface area (Å²) in [6.07, 6.45) is 1.99. The van der Waals surface area contributed by atoms with Crippen molar-refractivity contribution >= 4 is 11.8 Å². The molecule has 1 heterocycles. The molecule has 0 aliphatic carbocycles. The number of rotatable bonds is 4. The third-order valence-corrected chi connectivity index (χ3v) is 2.73. The Morgan fingerprint density at radius 1 is 1.38 bits per heavy atom. The summed E-state index contributed by atoms with van der Waals surface area (Å²) in [6, 6.07) is 9.38. The number of hydrogen-bond donors (Lipinski definition) is 1. The number of aromatic nitrogens is 2.